The number of guanidine groups is 1. The van der Waals surface area contributed by atoms with E-state index in [-0.39, 0.29) is 12.0 Å². The lowest BCUT2D eigenvalue weighted by Crippen LogP contribution is -2.55. The fourth-order valence-corrected chi connectivity index (χ4v) is 4.07. The number of carbonyl (C=O) groups excluding carboxylic acids is 1. The number of carbonyl (C=O) groups is 1. The third-order valence-corrected chi connectivity index (χ3v) is 5.88. The quantitative estimate of drug-likeness (QED) is 0.523. The van der Waals surface area contributed by atoms with Gasteiger partial charge in [-0.25, -0.2) is 0 Å². The fraction of sp³-hybridized carbons (Fsp3) is 0.652. The van der Waals surface area contributed by atoms with E-state index in [1.807, 2.05) is 43.1 Å². The third kappa shape index (κ3) is 7.02. The first kappa shape index (κ1) is 23.2. The summed E-state index contributed by atoms with van der Waals surface area (Å²) in [6.07, 6.45) is 3.51. The van der Waals surface area contributed by atoms with Crippen molar-refractivity contribution in [1.82, 2.24) is 20.0 Å². The van der Waals surface area contributed by atoms with Crippen LogP contribution in [-0.2, 0) is 4.79 Å². The molecule has 3 rings (SSSR count). The van der Waals surface area contributed by atoms with Gasteiger partial charge in [0.15, 0.2) is 5.96 Å². The highest BCUT2D eigenvalue weighted by Crippen LogP contribution is 2.19. The first-order valence-electron chi connectivity index (χ1n) is 11.4. The smallest absolute Gasteiger partial charge is 0.236 e. The van der Waals surface area contributed by atoms with Crippen LogP contribution >= 0.6 is 0 Å². The van der Waals surface area contributed by atoms with Gasteiger partial charge in [0.25, 0.3) is 0 Å². The molecule has 0 radical (unpaired) electrons. The summed E-state index contributed by atoms with van der Waals surface area (Å²) in [6.45, 7) is 8.52. The Labute approximate surface area is 186 Å². The van der Waals surface area contributed by atoms with Crippen molar-refractivity contribution in [2.75, 3.05) is 66.5 Å². The number of nitrogens with zero attached hydrogens (tertiary/aromatic N) is 4. The van der Waals surface area contributed by atoms with Crippen LogP contribution in [0.2, 0.25) is 0 Å². The minimum Gasteiger partial charge on any atom is -0.497 e. The molecule has 1 aromatic carbocycles. The molecule has 1 atom stereocenters. The summed E-state index contributed by atoms with van der Waals surface area (Å²) >= 11 is 0. The molecular formula is C23H37N5O3. The Morgan fingerprint density at radius 3 is 2.45 bits per heavy atom. The number of amides is 1. The maximum absolute atomic E-state index is 12.5. The average Bonchev–Trinajstić information content (AvgIpc) is 2.81. The van der Waals surface area contributed by atoms with Gasteiger partial charge in [0.2, 0.25) is 5.91 Å². The summed E-state index contributed by atoms with van der Waals surface area (Å²) in [5.41, 5.74) is 0. The second kappa shape index (κ2) is 11.8. The van der Waals surface area contributed by atoms with Crippen molar-refractivity contribution in [3.63, 3.8) is 0 Å². The van der Waals surface area contributed by atoms with Gasteiger partial charge in [-0.05, 0) is 38.3 Å². The summed E-state index contributed by atoms with van der Waals surface area (Å²) < 4.78 is 11.2. The number of methoxy groups -OCH3 is 1. The number of aliphatic imine (C=N–C) groups is 1. The summed E-state index contributed by atoms with van der Waals surface area (Å²) in [7, 11) is 3.46. The number of hydrogen-bond acceptors (Lipinski definition) is 5. The molecule has 0 saturated carbocycles. The Hall–Kier alpha value is -2.48. The first-order valence-corrected chi connectivity index (χ1v) is 11.4. The third-order valence-electron chi connectivity index (χ3n) is 5.88. The summed E-state index contributed by atoms with van der Waals surface area (Å²) in [6, 6.07) is 7.63. The highest BCUT2D eigenvalue weighted by Gasteiger charge is 2.24. The average molecular weight is 432 g/mol. The molecule has 0 spiro atoms. The van der Waals surface area contributed by atoms with Crippen molar-refractivity contribution in [3.8, 4) is 11.5 Å². The number of likely N-dealkylation sites (tertiary alicyclic amines) is 1. The van der Waals surface area contributed by atoms with Crippen molar-refractivity contribution in [2.24, 2.45) is 4.99 Å². The van der Waals surface area contributed by atoms with Crippen molar-refractivity contribution in [1.29, 1.82) is 0 Å². The maximum Gasteiger partial charge on any atom is 0.236 e. The summed E-state index contributed by atoms with van der Waals surface area (Å²) in [4.78, 5) is 23.5. The van der Waals surface area contributed by atoms with Crippen molar-refractivity contribution < 1.29 is 14.3 Å². The SMILES string of the molecule is CN=C(NCC(C)Oc1cccc(OC)c1)N1CCN(CC(=O)N2CCCCC2)CC1. The minimum atomic E-state index is -0.0210. The minimum absolute atomic E-state index is 0.0210. The normalized spacial score (nSPS) is 19.1. The molecule has 31 heavy (non-hydrogen) atoms. The van der Waals surface area contributed by atoms with Gasteiger partial charge in [-0.3, -0.25) is 14.7 Å². The molecule has 2 heterocycles. The van der Waals surface area contributed by atoms with E-state index in [2.05, 4.69) is 20.1 Å². The van der Waals surface area contributed by atoms with Gasteiger partial charge in [-0.1, -0.05) is 6.07 Å². The highest BCUT2D eigenvalue weighted by atomic mass is 16.5. The lowest BCUT2D eigenvalue weighted by atomic mass is 10.1. The zero-order chi connectivity index (χ0) is 22.1. The van der Waals surface area contributed by atoms with Gasteiger partial charge in [0, 0.05) is 52.4 Å². The second-order valence-electron chi connectivity index (χ2n) is 8.24. The van der Waals surface area contributed by atoms with Crippen LogP contribution in [0.15, 0.2) is 29.3 Å². The van der Waals surface area contributed by atoms with E-state index in [4.69, 9.17) is 9.47 Å². The molecule has 172 valence electrons. The number of ether oxygens (including phenoxy) is 2. The Morgan fingerprint density at radius 2 is 1.77 bits per heavy atom. The Balaban J connectivity index is 1.39. The second-order valence-corrected chi connectivity index (χ2v) is 8.24. The van der Waals surface area contributed by atoms with E-state index >= 15 is 0 Å². The molecule has 8 heteroatoms. The molecule has 2 aliphatic heterocycles. The molecule has 2 saturated heterocycles. The standard InChI is InChI=1S/C23H37N5O3/c1-19(31-21-9-7-8-20(16-21)30-3)17-25-23(24-2)28-14-12-26(13-15-28)18-22(29)27-10-5-4-6-11-27/h7-9,16,19H,4-6,10-15,17-18H2,1-3H3,(H,24,25). The van der Waals surface area contributed by atoms with E-state index in [1.165, 1.54) is 6.42 Å². The molecule has 2 fully saturated rings. The monoisotopic (exact) mass is 431 g/mol. The van der Waals surface area contributed by atoms with Crippen LogP contribution < -0.4 is 14.8 Å². The van der Waals surface area contributed by atoms with Crippen LogP contribution in [0.25, 0.3) is 0 Å². The molecule has 1 amide bonds. The Kier molecular flexibility index (Phi) is 8.82. The number of hydrogen-bond donors (Lipinski definition) is 1. The van der Waals surface area contributed by atoms with Crippen LogP contribution in [-0.4, -0.2) is 99.2 Å². The van der Waals surface area contributed by atoms with E-state index in [9.17, 15) is 4.79 Å². The van der Waals surface area contributed by atoms with Crippen LogP contribution in [0.1, 0.15) is 26.2 Å². The molecule has 8 nitrogen and oxygen atoms in total. The number of piperazine rings is 1. The number of piperidine rings is 1. The molecule has 0 aliphatic carbocycles. The van der Waals surface area contributed by atoms with Gasteiger partial charge < -0.3 is 24.6 Å². The van der Waals surface area contributed by atoms with Crippen LogP contribution in [0.3, 0.4) is 0 Å². The molecule has 1 unspecified atom stereocenters. The van der Waals surface area contributed by atoms with E-state index in [0.29, 0.717) is 13.1 Å². The highest BCUT2D eigenvalue weighted by molar-refractivity contribution is 5.80. The van der Waals surface area contributed by atoms with Gasteiger partial charge in [0.1, 0.15) is 17.6 Å². The van der Waals surface area contributed by atoms with Crippen LogP contribution in [0, 0.1) is 0 Å². The maximum atomic E-state index is 12.5. The summed E-state index contributed by atoms with van der Waals surface area (Å²) in [5.74, 6) is 2.73. The largest absolute Gasteiger partial charge is 0.497 e. The molecule has 1 aromatic rings. The predicted octanol–water partition coefficient (Wildman–Crippen LogP) is 1.67. The lowest BCUT2D eigenvalue weighted by molar-refractivity contribution is -0.133. The predicted molar refractivity (Wildman–Crippen MR) is 123 cm³/mol. The lowest BCUT2D eigenvalue weighted by Gasteiger charge is -2.37. The fourth-order valence-electron chi connectivity index (χ4n) is 4.07. The van der Waals surface area contributed by atoms with Crippen LogP contribution in [0.5, 0.6) is 11.5 Å². The van der Waals surface area contributed by atoms with Gasteiger partial charge in [-0.2, -0.15) is 0 Å². The van der Waals surface area contributed by atoms with E-state index in [0.717, 1.165) is 69.6 Å². The Morgan fingerprint density at radius 1 is 1.06 bits per heavy atom. The van der Waals surface area contributed by atoms with Gasteiger partial charge in [-0.15, -0.1) is 0 Å². The molecular weight excluding hydrogens is 394 g/mol. The molecule has 2 aliphatic rings. The summed E-state index contributed by atoms with van der Waals surface area (Å²) in [5, 5.41) is 3.42. The Bertz CT molecular complexity index is 728. The number of benzene rings is 1. The van der Waals surface area contributed by atoms with Crippen molar-refractivity contribution >= 4 is 11.9 Å². The number of nitrogens with one attached hydrogen (secondary N) is 1. The zero-order valence-electron chi connectivity index (χ0n) is 19.2. The van der Waals surface area contributed by atoms with E-state index < -0.39 is 0 Å². The van der Waals surface area contributed by atoms with Crippen molar-refractivity contribution in [3.05, 3.63) is 24.3 Å². The van der Waals surface area contributed by atoms with Gasteiger partial charge in [0.05, 0.1) is 20.2 Å². The number of rotatable bonds is 7. The van der Waals surface area contributed by atoms with E-state index in [1.54, 1.807) is 7.11 Å². The zero-order valence-corrected chi connectivity index (χ0v) is 19.2. The molecule has 0 aromatic heterocycles. The molecule has 1 N–H and O–H groups in total. The first-order chi connectivity index (χ1) is 15.1. The molecule has 0 bridgehead atoms. The topological polar surface area (TPSA) is 69.6 Å². The van der Waals surface area contributed by atoms with Crippen LogP contribution in [0.4, 0.5) is 0 Å². The van der Waals surface area contributed by atoms with Gasteiger partial charge >= 0.3 is 0 Å². The van der Waals surface area contributed by atoms with Crippen molar-refractivity contribution in [2.45, 2.75) is 32.3 Å².